The highest BCUT2D eigenvalue weighted by atomic mass is 32.2. The zero-order chi connectivity index (χ0) is 19.1. The van der Waals surface area contributed by atoms with Gasteiger partial charge in [-0.05, 0) is 19.1 Å². The summed E-state index contributed by atoms with van der Waals surface area (Å²) in [7, 11) is -4.70. The standard InChI is InChI=1S/C18H16N2O5S/c1-10-6-7-14(19)13(8-10)18(22)20-17-12-5-3-2-4-11(12)15(21)9-16(17)26(23,24)25/h2-9,21H,19H2,1H3,(H,20,22)(H,23,24,25). The Bertz CT molecular complexity index is 1140. The van der Waals surface area contributed by atoms with Crippen molar-refractivity contribution in [2.45, 2.75) is 11.8 Å². The molecule has 0 aliphatic heterocycles. The summed E-state index contributed by atoms with van der Waals surface area (Å²) in [6.07, 6.45) is 0. The minimum absolute atomic E-state index is 0.133. The third-order valence-corrected chi connectivity index (χ3v) is 4.83. The number of phenols is 1. The van der Waals surface area contributed by atoms with E-state index in [9.17, 15) is 22.9 Å². The Morgan fingerprint density at radius 3 is 2.38 bits per heavy atom. The van der Waals surface area contributed by atoms with Crippen molar-refractivity contribution in [1.82, 2.24) is 0 Å². The second kappa shape index (κ2) is 6.32. The number of nitrogens with two attached hydrogens (primary N) is 1. The molecule has 0 saturated heterocycles. The second-order valence-corrected chi connectivity index (χ2v) is 7.22. The van der Waals surface area contributed by atoms with Crippen LogP contribution in [-0.4, -0.2) is 24.0 Å². The maximum Gasteiger partial charge on any atom is 0.296 e. The maximum absolute atomic E-state index is 12.7. The van der Waals surface area contributed by atoms with E-state index in [0.29, 0.717) is 5.39 Å². The van der Waals surface area contributed by atoms with E-state index in [2.05, 4.69) is 5.32 Å². The number of amides is 1. The van der Waals surface area contributed by atoms with Crippen LogP contribution in [0.15, 0.2) is 53.4 Å². The van der Waals surface area contributed by atoms with Crippen molar-refractivity contribution in [3.63, 3.8) is 0 Å². The van der Waals surface area contributed by atoms with Gasteiger partial charge in [-0.15, -0.1) is 0 Å². The molecule has 3 aromatic carbocycles. The molecule has 0 aliphatic rings. The molecule has 0 atom stereocenters. The van der Waals surface area contributed by atoms with Gasteiger partial charge in [0.2, 0.25) is 0 Å². The molecule has 0 aliphatic carbocycles. The molecule has 0 unspecified atom stereocenters. The summed E-state index contributed by atoms with van der Waals surface area (Å²) in [5, 5.41) is 13.2. The van der Waals surface area contributed by atoms with Crippen LogP contribution in [0, 0.1) is 6.92 Å². The number of benzene rings is 3. The van der Waals surface area contributed by atoms with Gasteiger partial charge in [0.1, 0.15) is 10.6 Å². The smallest absolute Gasteiger partial charge is 0.296 e. The minimum Gasteiger partial charge on any atom is -0.507 e. The van der Waals surface area contributed by atoms with Crippen LogP contribution in [0.1, 0.15) is 15.9 Å². The molecule has 3 aromatic rings. The van der Waals surface area contributed by atoms with Gasteiger partial charge in [-0.25, -0.2) is 0 Å². The number of nitrogen functional groups attached to an aromatic ring is 1. The van der Waals surface area contributed by atoms with Gasteiger partial charge in [-0.1, -0.05) is 35.9 Å². The Balaban J connectivity index is 2.22. The quantitative estimate of drug-likeness (QED) is 0.318. The molecule has 0 spiro atoms. The number of nitrogens with one attached hydrogen (secondary N) is 1. The number of hydrogen-bond donors (Lipinski definition) is 4. The predicted molar refractivity (Wildman–Crippen MR) is 99.0 cm³/mol. The predicted octanol–water partition coefficient (Wildman–Crippen LogP) is 2.94. The van der Waals surface area contributed by atoms with Gasteiger partial charge in [0.25, 0.3) is 16.0 Å². The Kier molecular flexibility index (Phi) is 4.31. The van der Waals surface area contributed by atoms with Crippen LogP contribution in [0.25, 0.3) is 10.8 Å². The number of fused-ring (bicyclic) bond motifs is 1. The van der Waals surface area contributed by atoms with Crippen molar-refractivity contribution in [2.24, 2.45) is 0 Å². The van der Waals surface area contributed by atoms with Crippen molar-refractivity contribution >= 4 is 38.2 Å². The fourth-order valence-corrected chi connectivity index (χ4v) is 3.39. The van der Waals surface area contributed by atoms with E-state index in [1.54, 1.807) is 43.3 Å². The van der Waals surface area contributed by atoms with Gasteiger partial charge in [0, 0.05) is 22.5 Å². The summed E-state index contributed by atoms with van der Waals surface area (Å²) in [5.41, 5.74) is 6.90. The number of aromatic hydroxyl groups is 1. The van der Waals surface area contributed by atoms with Gasteiger partial charge in [-0.3, -0.25) is 9.35 Å². The van der Waals surface area contributed by atoms with E-state index in [4.69, 9.17) is 5.73 Å². The first kappa shape index (κ1) is 17.7. The summed E-state index contributed by atoms with van der Waals surface area (Å²) in [6, 6.07) is 12.1. The molecule has 0 radical (unpaired) electrons. The maximum atomic E-state index is 12.7. The summed E-state index contributed by atoms with van der Waals surface area (Å²) < 4.78 is 33.0. The van der Waals surface area contributed by atoms with Gasteiger partial charge in [0.15, 0.2) is 0 Å². The van der Waals surface area contributed by atoms with E-state index in [1.165, 1.54) is 6.07 Å². The number of rotatable bonds is 3. The molecular formula is C18H16N2O5S. The fraction of sp³-hybridized carbons (Fsp3) is 0.0556. The summed E-state index contributed by atoms with van der Waals surface area (Å²) >= 11 is 0. The van der Waals surface area contributed by atoms with Crippen LogP contribution in [0.4, 0.5) is 11.4 Å². The summed E-state index contributed by atoms with van der Waals surface area (Å²) in [6.45, 7) is 1.79. The molecule has 0 bridgehead atoms. The molecule has 8 heteroatoms. The van der Waals surface area contributed by atoms with E-state index >= 15 is 0 Å². The topological polar surface area (TPSA) is 130 Å². The lowest BCUT2D eigenvalue weighted by Gasteiger charge is -2.15. The van der Waals surface area contributed by atoms with Crippen molar-refractivity contribution < 1.29 is 22.9 Å². The zero-order valence-corrected chi connectivity index (χ0v) is 14.5. The van der Waals surface area contributed by atoms with Crippen LogP contribution >= 0.6 is 0 Å². The molecule has 1 amide bonds. The average Bonchev–Trinajstić information content (AvgIpc) is 2.58. The van der Waals surface area contributed by atoms with Gasteiger partial charge in [0.05, 0.1) is 11.3 Å². The molecule has 0 fully saturated rings. The minimum atomic E-state index is -4.70. The molecular weight excluding hydrogens is 356 g/mol. The summed E-state index contributed by atoms with van der Waals surface area (Å²) in [4.78, 5) is 12.1. The van der Waals surface area contributed by atoms with Crippen LogP contribution in [0.3, 0.4) is 0 Å². The van der Waals surface area contributed by atoms with Gasteiger partial charge >= 0.3 is 0 Å². The first-order valence-electron chi connectivity index (χ1n) is 7.58. The molecule has 26 heavy (non-hydrogen) atoms. The Hall–Kier alpha value is -3.10. The number of carbonyl (C=O) groups is 1. The molecule has 0 aromatic heterocycles. The zero-order valence-electron chi connectivity index (χ0n) is 13.7. The van der Waals surface area contributed by atoms with E-state index < -0.39 is 20.9 Å². The average molecular weight is 372 g/mol. The van der Waals surface area contributed by atoms with Crippen LogP contribution in [0.5, 0.6) is 5.75 Å². The largest absolute Gasteiger partial charge is 0.507 e. The van der Waals surface area contributed by atoms with E-state index in [-0.39, 0.29) is 28.1 Å². The Morgan fingerprint density at radius 2 is 1.73 bits per heavy atom. The highest BCUT2D eigenvalue weighted by Crippen LogP contribution is 2.37. The molecule has 0 saturated carbocycles. The van der Waals surface area contributed by atoms with E-state index in [1.807, 2.05) is 0 Å². The third-order valence-electron chi connectivity index (χ3n) is 3.96. The normalized spacial score (nSPS) is 11.5. The first-order chi connectivity index (χ1) is 12.2. The van der Waals surface area contributed by atoms with Crippen LogP contribution in [0.2, 0.25) is 0 Å². The van der Waals surface area contributed by atoms with Crippen molar-refractivity contribution in [1.29, 1.82) is 0 Å². The Labute approximate surface area is 149 Å². The molecule has 0 heterocycles. The number of aryl methyl sites for hydroxylation is 1. The number of carbonyl (C=O) groups excluding carboxylic acids is 1. The molecule has 5 N–H and O–H groups in total. The van der Waals surface area contributed by atoms with Crippen LogP contribution < -0.4 is 11.1 Å². The Morgan fingerprint density at radius 1 is 1.08 bits per heavy atom. The lowest BCUT2D eigenvalue weighted by atomic mass is 10.1. The number of phenolic OH excluding ortho intramolecular Hbond substituents is 1. The summed E-state index contributed by atoms with van der Waals surface area (Å²) in [5.74, 6) is -0.965. The molecule has 3 rings (SSSR count). The van der Waals surface area contributed by atoms with Gasteiger partial charge in [-0.2, -0.15) is 8.42 Å². The highest BCUT2D eigenvalue weighted by Gasteiger charge is 2.23. The highest BCUT2D eigenvalue weighted by molar-refractivity contribution is 7.86. The van der Waals surface area contributed by atoms with Crippen LogP contribution in [-0.2, 0) is 10.1 Å². The SMILES string of the molecule is Cc1ccc(N)c(C(=O)Nc2c(S(=O)(=O)O)cc(O)c3ccccc23)c1. The van der Waals surface area contributed by atoms with Crippen molar-refractivity contribution in [2.75, 3.05) is 11.1 Å². The number of anilines is 2. The van der Waals surface area contributed by atoms with Gasteiger partial charge < -0.3 is 16.2 Å². The van der Waals surface area contributed by atoms with Crippen molar-refractivity contribution in [3.8, 4) is 5.75 Å². The fourth-order valence-electron chi connectivity index (χ4n) is 2.71. The van der Waals surface area contributed by atoms with Crippen molar-refractivity contribution in [3.05, 3.63) is 59.7 Å². The lowest BCUT2D eigenvalue weighted by Crippen LogP contribution is -2.17. The molecule has 7 nitrogen and oxygen atoms in total. The second-order valence-electron chi connectivity index (χ2n) is 5.83. The first-order valence-corrected chi connectivity index (χ1v) is 9.02. The lowest BCUT2D eigenvalue weighted by molar-refractivity contribution is 0.102. The van der Waals surface area contributed by atoms with E-state index in [0.717, 1.165) is 11.6 Å². The molecule has 134 valence electrons. The monoisotopic (exact) mass is 372 g/mol. The number of hydrogen-bond acceptors (Lipinski definition) is 5. The third kappa shape index (κ3) is 3.19.